The molecule has 0 fully saturated rings. The highest BCUT2D eigenvalue weighted by Crippen LogP contribution is 2.38. The molecule has 2 atom stereocenters. The van der Waals surface area contributed by atoms with Gasteiger partial charge in [0.2, 0.25) is 0 Å². The molecule has 2 aliphatic rings. The molecule has 3 heterocycles. The predicted octanol–water partition coefficient (Wildman–Crippen LogP) is 3.28. The van der Waals surface area contributed by atoms with E-state index in [1.807, 2.05) is 0 Å². The van der Waals surface area contributed by atoms with Gasteiger partial charge in [-0.15, -0.1) is 0 Å². The fourth-order valence-corrected chi connectivity index (χ4v) is 5.18. The summed E-state index contributed by atoms with van der Waals surface area (Å²) in [6.45, 7) is 0.897. The third-order valence-corrected chi connectivity index (χ3v) is 8.19. The monoisotopic (exact) mass is 470 g/mol. The average Bonchev–Trinajstić information content (AvgIpc) is 3.45. The molecule has 0 saturated heterocycles. The molecule has 0 bridgehead atoms. The van der Waals surface area contributed by atoms with Crippen LogP contribution in [0.3, 0.4) is 0 Å². The van der Waals surface area contributed by atoms with Crippen molar-refractivity contribution in [3.8, 4) is 5.75 Å². The number of aromatic nitrogens is 1. The summed E-state index contributed by atoms with van der Waals surface area (Å²) in [4.78, 5) is 19.6. The van der Waals surface area contributed by atoms with Crippen LogP contribution in [0, 0.1) is 5.82 Å². The summed E-state index contributed by atoms with van der Waals surface area (Å²) in [5.41, 5.74) is 8.69. The molecule has 10 heteroatoms. The number of anilines is 1. The fraction of sp³-hybridized carbons (Fsp3) is 0.304. The average molecular weight is 471 g/mol. The highest BCUT2D eigenvalue weighted by Gasteiger charge is 2.33. The van der Waals surface area contributed by atoms with Crippen LogP contribution < -0.4 is 10.5 Å². The first-order chi connectivity index (χ1) is 15.7. The Balaban J connectivity index is 1.51. The quantitative estimate of drug-likeness (QED) is 0.630. The lowest BCUT2D eigenvalue weighted by Crippen LogP contribution is -2.32. The minimum atomic E-state index is -2.51. The first-order valence-electron chi connectivity index (χ1n) is 10.3. The molecule has 0 saturated carbocycles. The lowest BCUT2D eigenvalue weighted by atomic mass is 10.0. The van der Waals surface area contributed by atoms with Gasteiger partial charge in [0.25, 0.3) is 5.91 Å². The highest BCUT2D eigenvalue weighted by molar-refractivity contribution is 7.93. The molecule has 2 aliphatic heterocycles. The van der Waals surface area contributed by atoms with E-state index in [1.54, 1.807) is 31.5 Å². The third kappa shape index (κ3) is 3.41. The topological polar surface area (TPSA) is 107 Å². The number of halogens is 1. The number of carbonyl (C=O) groups excluding carboxylic acids is 1. The smallest absolute Gasteiger partial charge is 0.257 e. The standard InChI is InChI=1S/C23H23FN4O4S/c1-26-33(3,30)12-4-5-13-20(11-32-21(13)6-12)28(2)23(29)15-7-14-16-9-31-10-17(16)22(25)27-19(14)8-18(15)24/h4-8,20H,9-11H2,1-3H3,(H2,25,27)/t20-,33-/m1/s1. The third-order valence-electron chi connectivity index (χ3n) is 6.36. The number of likely N-dealkylation sites (N-methyl/N-ethyl adjacent to an activating group) is 1. The van der Waals surface area contributed by atoms with Gasteiger partial charge in [-0.05, 0) is 23.8 Å². The second-order valence-electron chi connectivity index (χ2n) is 8.22. The number of pyridine rings is 1. The van der Waals surface area contributed by atoms with Gasteiger partial charge < -0.3 is 20.1 Å². The number of carbonyl (C=O) groups is 1. The van der Waals surface area contributed by atoms with Crippen LogP contribution >= 0.6 is 0 Å². The zero-order chi connectivity index (χ0) is 23.5. The molecule has 0 aliphatic carbocycles. The molecular weight excluding hydrogens is 447 g/mol. The van der Waals surface area contributed by atoms with Crippen molar-refractivity contribution in [2.45, 2.75) is 24.2 Å². The number of hydrogen-bond donors (Lipinski definition) is 1. The molecular formula is C23H23FN4O4S. The van der Waals surface area contributed by atoms with Crippen molar-refractivity contribution < 1.29 is 22.9 Å². The summed E-state index contributed by atoms with van der Waals surface area (Å²) in [7, 11) is 0.611. The van der Waals surface area contributed by atoms with Crippen LogP contribution in [0.4, 0.5) is 10.2 Å². The van der Waals surface area contributed by atoms with Gasteiger partial charge in [0.1, 0.15) is 24.0 Å². The van der Waals surface area contributed by atoms with Gasteiger partial charge >= 0.3 is 0 Å². The van der Waals surface area contributed by atoms with E-state index in [9.17, 15) is 13.4 Å². The Bertz CT molecular complexity index is 1450. The van der Waals surface area contributed by atoms with E-state index in [0.29, 0.717) is 40.6 Å². The number of fused-ring (bicyclic) bond motifs is 4. The Labute approximate surface area is 190 Å². The minimum Gasteiger partial charge on any atom is -0.491 e. The Hall–Kier alpha value is -3.24. The maximum Gasteiger partial charge on any atom is 0.257 e. The van der Waals surface area contributed by atoms with Crippen molar-refractivity contribution in [3.63, 3.8) is 0 Å². The van der Waals surface area contributed by atoms with E-state index in [2.05, 4.69) is 9.35 Å². The van der Waals surface area contributed by atoms with Gasteiger partial charge in [-0.2, -0.15) is 0 Å². The van der Waals surface area contributed by atoms with E-state index in [0.717, 1.165) is 16.7 Å². The summed E-state index contributed by atoms with van der Waals surface area (Å²) in [6, 6.07) is 7.56. The van der Waals surface area contributed by atoms with Crippen LogP contribution in [0.25, 0.3) is 10.9 Å². The Morgan fingerprint density at radius 2 is 2.03 bits per heavy atom. The van der Waals surface area contributed by atoms with Crippen LogP contribution in [0.2, 0.25) is 0 Å². The predicted molar refractivity (Wildman–Crippen MR) is 122 cm³/mol. The van der Waals surface area contributed by atoms with Crippen LogP contribution in [-0.2, 0) is 27.7 Å². The molecule has 3 aromatic rings. The SMILES string of the molecule is CN=[S@](C)(=O)c1ccc2c(c1)OC[C@H]2N(C)C(=O)c1cc2c3c(c(N)nc2cc1F)COC3. The molecule has 0 unspecified atom stereocenters. The van der Waals surface area contributed by atoms with Crippen molar-refractivity contribution in [1.29, 1.82) is 0 Å². The summed E-state index contributed by atoms with van der Waals surface area (Å²) in [5.74, 6) is -0.289. The van der Waals surface area contributed by atoms with Gasteiger partial charge in [0.05, 0.1) is 45.0 Å². The Morgan fingerprint density at radius 1 is 1.27 bits per heavy atom. The number of nitrogens with two attached hydrogens (primary N) is 1. The molecule has 2 N–H and O–H groups in total. The Kier molecular flexibility index (Phi) is 5.02. The molecule has 1 aromatic heterocycles. The lowest BCUT2D eigenvalue weighted by Gasteiger charge is -2.24. The van der Waals surface area contributed by atoms with E-state index in [4.69, 9.17) is 15.2 Å². The van der Waals surface area contributed by atoms with E-state index in [-0.39, 0.29) is 12.2 Å². The number of nitrogen functional groups attached to an aromatic ring is 1. The van der Waals surface area contributed by atoms with Crippen molar-refractivity contribution >= 4 is 32.4 Å². The van der Waals surface area contributed by atoms with E-state index >= 15 is 0 Å². The van der Waals surface area contributed by atoms with E-state index < -0.39 is 27.5 Å². The normalized spacial score (nSPS) is 18.4. The molecule has 8 nitrogen and oxygen atoms in total. The van der Waals surface area contributed by atoms with Gasteiger partial charge in [-0.3, -0.25) is 4.79 Å². The minimum absolute atomic E-state index is 0.0582. The first kappa shape index (κ1) is 21.6. The first-order valence-corrected chi connectivity index (χ1v) is 12.3. The summed E-state index contributed by atoms with van der Waals surface area (Å²) in [5, 5.41) is 0.656. The van der Waals surface area contributed by atoms with Crippen molar-refractivity contribution in [2.75, 3.05) is 32.7 Å². The summed E-state index contributed by atoms with van der Waals surface area (Å²) in [6.07, 6.45) is 1.56. The Morgan fingerprint density at radius 3 is 2.79 bits per heavy atom. The molecule has 1 amide bonds. The molecule has 0 radical (unpaired) electrons. The van der Waals surface area contributed by atoms with Crippen LogP contribution in [0.1, 0.15) is 33.1 Å². The highest BCUT2D eigenvalue weighted by atomic mass is 32.2. The second kappa shape index (κ2) is 7.67. The number of rotatable bonds is 3. The van der Waals surface area contributed by atoms with Gasteiger partial charge in [-0.1, -0.05) is 6.07 Å². The van der Waals surface area contributed by atoms with Gasteiger partial charge in [-0.25, -0.2) is 17.9 Å². The maximum atomic E-state index is 15.0. The summed E-state index contributed by atoms with van der Waals surface area (Å²) < 4.78 is 42.8. The van der Waals surface area contributed by atoms with Gasteiger partial charge in [0, 0.05) is 42.9 Å². The van der Waals surface area contributed by atoms with Crippen LogP contribution in [-0.4, -0.2) is 47.0 Å². The molecule has 172 valence electrons. The zero-order valence-electron chi connectivity index (χ0n) is 18.4. The molecule has 5 rings (SSSR count). The maximum absolute atomic E-state index is 15.0. The number of nitrogens with zero attached hydrogens (tertiary/aromatic N) is 3. The lowest BCUT2D eigenvalue weighted by molar-refractivity contribution is 0.0704. The van der Waals surface area contributed by atoms with Crippen molar-refractivity contribution in [1.82, 2.24) is 9.88 Å². The largest absolute Gasteiger partial charge is 0.491 e. The number of amides is 1. The van der Waals surface area contributed by atoms with Crippen LogP contribution in [0.15, 0.2) is 39.6 Å². The molecule has 2 aromatic carbocycles. The van der Waals surface area contributed by atoms with Crippen molar-refractivity contribution in [2.24, 2.45) is 4.36 Å². The number of benzene rings is 2. The second-order valence-corrected chi connectivity index (χ2v) is 10.7. The van der Waals surface area contributed by atoms with Crippen LogP contribution in [0.5, 0.6) is 5.75 Å². The summed E-state index contributed by atoms with van der Waals surface area (Å²) >= 11 is 0. The number of hydrogen-bond acceptors (Lipinski definition) is 7. The molecule has 33 heavy (non-hydrogen) atoms. The zero-order valence-corrected chi connectivity index (χ0v) is 19.2. The molecule has 0 spiro atoms. The van der Waals surface area contributed by atoms with Crippen molar-refractivity contribution in [3.05, 3.63) is 58.4 Å². The van der Waals surface area contributed by atoms with E-state index in [1.165, 1.54) is 24.1 Å². The fourth-order valence-electron chi connectivity index (χ4n) is 4.32. The number of ether oxygens (including phenoxy) is 2. The van der Waals surface area contributed by atoms with Gasteiger partial charge in [0.15, 0.2) is 0 Å².